The summed E-state index contributed by atoms with van der Waals surface area (Å²) in [5.74, 6) is -0.00885. The fourth-order valence-corrected chi connectivity index (χ4v) is 3.03. The third kappa shape index (κ3) is 2.86. The summed E-state index contributed by atoms with van der Waals surface area (Å²) in [5, 5.41) is -0.0273. The number of sulfonamides is 1. The van der Waals surface area contributed by atoms with Crippen LogP contribution < -0.4 is 10.5 Å². The zero-order chi connectivity index (χ0) is 13.9. The van der Waals surface area contributed by atoms with Gasteiger partial charge in [0.25, 0.3) is 10.0 Å². The maximum atomic E-state index is 12.2. The van der Waals surface area contributed by atoms with Gasteiger partial charge in [0.05, 0.1) is 0 Å². The zero-order valence-corrected chi connectivity index (χ0v) is 11.4. The highest BCUT2D eigenvalue weighted by Crippen LogP contribution is 2.19. The van der Waals surface area contributed by atoms with Gasteiger partial charge < -0.3 is 10.5 Å². The summed E-state index contributed by atoms with van der Waals surface area (Å²) < 4.78 is 33.2. The second-order valence-electron chi connectivity index (χ2n) is 3.98. The molecule has 2 rings (SSSR count). The van der Waals surface area contributed by atoms with E-state index in [4.69, 9.17) is 10.5 Å². The van der Waals surface area contributed by atoms with Crippen LogP contribution >= 0.6 is 0 Å². The minimum Gasteiger partial charge on any atom is -0.385 e. The van der Waals surface area contributed by atoms with Crippen molar-refractivity contribution in [2.75, 3.05) is 26.0 Å². The number of nitrogen functional groups attached to an aromatic ring is 1. The van der Waals surface area contributed by atoms with Crippen LogP contribution in [0.1, 0.15) is 6.42 Å². The number of hydrogen-bond donors (Lipinski definition) is 2. The highest BCUT2D eigenvalue weighted by molar-refractivity contribution is 7.89. The molecule has 0 aliphatic carbocycles. The lowest BCUT2D eigenvalue weighted by atomic mass is 10.5. The van der Waals surface area contributed by atoms with Crippen LogP contribution in [0.4, 0.5) is 5.82 Å². The number of nitrogens with zero attached hydrogens (tertiary/aromatic N) is 2. The minimum absolute atomic E-state index is 0.00885. The molecular weight excluding hydrogens is 268 g/mol. The smallest absolute Gasteiger partial charge is 0.260 e. The Kier molecular flexibility index (Phi) is 4.03. The predicted octanol–water partition coefficient (Wildman–Crippen LogP) is 0.231. The topological polar surface area (TPSA) is 98.7 Å². The Hall–Kier alpha value is -1.64. The van der Waals surface area contributed by atoms with Crippen molar-refractivity contribution < 1.29 is 13.2 Å². The number of fused-ring (bicyclic) bond motifs is 1. The van der Waals surface area contributed by atoms with Crippen molar-refractivity contribution in [3.05, 3.63) is 24.4 Å². The van der Waals surface area contributed by atoms with E-state index in [1.807, 2.05) is 0 Å². The van der Waals surface area contributed by atoms with Crippen LogP contribution in [0.15, 0.2) is 29.4 Å². The molecule has 0 fully saturated rings. The van der Waals surface area contributed by atoms with Crippen molar-refractivity contribution in [2.24, 2.45) is 0 Å². The largest absolute Gasteiger partial charge is 0.385 e. The van der Waals surface area contributed by atoms with E-state index >= 15 is 0 Å². The van der Waals surface area contributed by atoms with Crippen molar-refractivity contribution in [3.8, 4) is 0 Å². The maximum absolute atomic E-state index is 12.2. The fourth-order valence-electron chi connectivity index (χ4n) is 1.75. The molecule has 0 saturated carbocycles. The number of rotatable bonds is 6. The highest BCUT2D eigenvalue weighted by atomic mass is 32.2. The first-order chi connectivity index (χ1) is 9.06. The molecule has 3 N–H and O–H groups in total. The molecule has 0 aliphatic heterocycles. The van der Waals surface area contributed by atoms with Gasteiger partial charge >= 0.3 is 0 Å². The van der Waals surface area contributed by atoms with Crippen molar-refractivity contribution in [2.45, 2.75) is 11.4 Å². The monoisotopic (exact) mass is 284 g/mol. The lowest BCUT2D eigenvalue weighted by Crippen LogP contribution is -2.27. The third-order valence-corrected chi connectivity index (χ3v) is 4.08. The van der Waals surface area contributed by atoms with Gasteiger partial charge in [-0.25, -0.2) is 18.1 Å². The minimum atomic E-state index is -3.68. The number of nitrogens with one attached hydrogen (secondary N) is 1. The molecule has 2 aromatic rings. The van der Waals surface area contributed by atoms with Crippen LogP contribution in [0.3, 0.4) is 0 Å². The average Bonchev–Trinajstić information content (AvgIpc) is 2.71. The molecule has 2 aromatic heterocycles. The van der Waals surface area contributed by atoms with Crippen LogP contribution in [0.2, 0.25) is 0 Å². The van der Waals surface area contributed by atoms with Gasteiger partial charge in [0.2, 0.25) is 0 Å². The first-order valence-electron chi connectivity index (χ1n) is 5.77. The summed E-state index contributed by atoms with van der Waals surface area (Å²) >= 11 is 0. The second-order valence-corrected chi connectivity index (χ2v) is 5.66. The van der Waals surface area contributed by atoms with Gasteiger partial charge in [0.15, 0.2) is 10.8 Å². The Morgan fingerprint density at radius 1 is 1.47 bits per heavy atom. The number of pyridine rings is 1. The summed E-state index contributed by atoms with van der Waals surface area (Å²) in [4.78, 5) is 4.02. The van der Waals surface area contributed by atoms with Gasteiger partial charge in [0.1, 0.15) is 5.65 Å². The number of anilines is 1. The molecule has 0 saturated heterocycles. The number of ether oxygens (including phenoxy) is 1. The number of imidazole rings is 1. The average molecular weight is 284 g/mol. The number of methoxy groups -OCH3 is 1. The maximum Gasteiger partial charge on any atom is 0.260 e. The second kappa shape index (κ2) is 5.55. The molecule has 0 atom stereocenters. The summed E-state index contributed by atoms with van der Waals surface area (Å²) in [7, 11) is -2.12. The molecule has 0 radical (unpaired) electrons. The number of nitrogens with two attached hydrogens (primary N) is 1. The van der Waals surface area contributed by atoms with E-state index in [-0.39, 0.29) is 17.4 Å². The molecule has 0 bridgehead atoms. The molecule has 2 heterocycles. The molecule has 8 heteroatoms. The summed E-state index contributed by atoms with van der Waals surface area (Å²) in [6, 6.07) is 5.18. The Morgan fingerprint density at radius 3 is 3.00 bits per heavy atom. The Bertz CT molecular complexity index is 666. The van der Waals surface area contributed by atoms with Crippen molar-refractivity contribution in [3.63, 3.8) is 0 Å². The van der Waals surface area contributed by atoms with Gasteiger partial charge in [-0.3, -0.25) is 4.40 Å². The normalized spacial score (nSPS) is 12.1. The van der Waals surface area contributed by atoms with Gasteiger partial charge in [-0.1, -0.05) is 6.07 Å². The first-order valence-corrected chi connectivity index (χ1v) is 7.26. The van der Waals surface area contributed by atoms with Gasteiger partial charge in [0, 0.05) is 26.5 Å². The van der Waals surface area contributed by atoms with Crippen LogP contribution in [0.25, 0.3) is 5.65 Å². The standard InChI is InChI=1S/C11H16N4O3S/c1-18-8-4-6-13-19(16,17)11-10(12)14-9-5-2-3-7-15(9)11/h2-3,5,7,13H,4,6,8,12H2,1H3. The molecule has 0 amide bonds. The number of hydrogen-bond acceptors (Lipinski definition) is 5. The lowest BCUT2D eigenvalue weighted by molar-refractivity contribution is 0.196. The van der Waals surface area contributed by atoms with Crippen LogP contribution in [-0.4, -0.2) is 38.1 Å². The molecule has 7 nitrogen and oxygen atoms in total. The zero-order valence-electron chi connectivity index (χ0n) is 10.5. The quantitative estimate of drug-likeness (QED) is 0.740. The van der Waals surface area contributed by atoms with E-state index < -0.39 is 10.0 Å². The van der Waals surface area contributed by atoms with E-state index in [1.54, 1.807) is 31.5 Å². The summed E-state index contributed by atoms with van der Waals surface area (Å²) in [5.41, 5.74) is 6.19. The van der Waals surface area contributed by atoms with Crippen LogP contribution in [-0.2, 0) is 14.8 Å². The molecule has 104 valence electrons. The van der Waals surface area contributed by atoms with E-state index in [0.717, 1.165) is 0 Å². The van der Waals surface area contributed by atoms with Gasteiger partial charge in [-0.15, -0.1) is 0 Å². The molecular formula is C11H16N4O3S. The first kappa shape index (κ1) is 13.8. The van der Waals surface area contributed by atoms with Crippen molar-refractivity contribution in [1.82, 2.24) is 14.1 Å². The van der Waals surface area contributed by atoms with Crippen LogP contribution in [0.5, 0.6) is 0 Å². The van der Waals surface area contributed by atoms with E-state index in [2.05, 4.69) is 9.71 Å². The van der Waals surface area contributed by atoms with Crippen molar-refractivity contribution >= 4 is 21.5 Å². The summed E-state index contributed by atoms with van der Waals surface area (Å²) in [6.45, 7) is 0.779. The lowest BCUT2D eigenvalue weighted by Gasteiger charge is -2.06. The SMILES string of the molecule is COCCCNS(=O)(=O)c1c(N)nc2ccccn12. The van der Waals surface area contributed by atoms with Gasteiger partial charge in [-0.05, 0) is 18.6 Å². The molecule has 0 spiro atoms. The third-order valence-electron chi connectivity index (χ3n) is 2.58. The van der Waals surface area contributed by atoms with Crippen LogP contribution in [0, 0.1) is 0 Å². The Labute approximate surface area is 111 Å². The van der Waals surface area contributed by atoms with E-state index in [1.165, 1.54) is 4.40 Å². The Balaban J connectivity index is 2.30. The van der Waals surface area contributed by atoms with Gasteiger partial charge in [-0.2, -0.15) is 0 Å². The number of aromatic nitrogens is 2. The van der Waals surface area contributed by atoms with E-state index in [0.29, 0.717) is 18.7 Å². The fraction of sp³-hybridized carbons (Fsp3) is 0.364. The Morgan fingerprint density at radius 2 is 2.26 bits per heavy atom. The predicted molar refractivity (Wildman–Crippen MR) is 71.3 cm³/mol. The molecule has 19 heavy (non-hydrogen) atoms. The molecule has 0 unspecified atom stereocenters. The van der Waals surface area contributed by atoms with E-state index in [9.17, 15) is 8.42 Å². The van der Waals surface area contributed by atoms with Crippen molar-refractivity contribution in [1.29, 1.82) is 0 Å². The molecule has 0 aromatic carbocycles. The molecule has 0 aliphatic rings. The summed E-state index contributed by atoms with van der Waals surface area (Å²) in [6.07, 6.45) is 2.20. The highest BCUT2D eigenvalue weighted by Gasteiger charge is 2.23.